The summed E-state index contributed by atoms with van der Waals surface area (Å²) in [6.07, 6.45) is 6.91. The van der Waals surface area contributed by atoms with Gasteiger partial charge in [0.1, 0.15) is 0 Å². The van der Waals surface area contributed by atoms with E-state index in [1.165, 1.54) is 75.5 Å². The molecule has 1 heterocycles. The van der Waals surface area contributed by atoms with Gasteiger partial charge in [-0.15, -0.1) is 11.3 Å². The van der Waals surface area contributed by atoms with Gasteiger partial charge in [0, 0.05) is 31.9 Å². The van der Waals surface area contributed by atoms with Gasteiger partial charge < -0.3 is 4.90 Å². The summed E-state index contributed by atoms with van der Waals surface area (Å²) in [4.78, 5) is 3.94. The predicted octanol–water partition coefficient (Wildman–Crippen LogP) is 14.6. The van der Waals surface area contributed by atoms with Gasteiger partial charge >= 0.3 is 0 Å². The molecule has 0 bridgehead atoms. The van der Waals surface area contributed by atoms with Gasteiger partial charge in [-0.05, 0) is 110 Å². The van der Waals surface area contributed by atoms with E-state index in [1.807, 2.05) is 11.3 Å². The highest BCUT2D eigenvalue weighted by molar-refractivity contribution is 7.19. The van der Waals surface area contributed by atoms with Crippen LogP contribution in [0.4, 0.5) is 17.1 Å². The number of allylic oxidation sites excluding steroid dienone is 1. The van der Waals surface area contributed by atoms with E-state index < -0.39 is 0 Å². The molecule has 1 aromatic heterocycles. The van der Waals surface area contributed by atoms with Gasteiger partial charge in [0.15, 0.2) is 0 Å². The Hall–Kier alpha value is -6.22. The molecule has 1 aliphatic rings. The van der Waals surface area contributed by atoms with Gasteiger partial charge in [0.2, 0.25) is 0 Å². The first kappa shape index (κ1) is 30.6. The topological polar surface area (TPSA) is 3.24 Å². The first-order chi connectivity index (χ1) is 25.8. The van der Waals surface area contributed by atoms with E-state index >= 15 is 0 Å². The van der Waals surface area contributed by atoms with Gasteiger partial charge in [-0.25, -0.2) is 0 Å². The first-order valence-electron chi connectivity index (χ1n) is 18.1. The van der Waals surface area contributed by atoms with Crippen LogP contribution in [0, 0.1) is 0 Å². The molecule has 0 unspecified atom stereocenters. The number of fused-ring (bicyclic) bond motifs is 5. The summed E-state index contributed by atoms with van der Waals surface area (Å²) in [6, 6.07) is 64.5. The third kappa shape index (κ3) is 5.31. The van der Waals surface area contributed by atoms with Crippen LogP contribution in [0.5, 0.6) is 0 Å². The van der Waals surface area contributed by atoms with Gasteiger partial charge in [-0.2, -0.15) is 0 Å². The molecule has 0 fully saturated rings. The second-order valence-corrected chi connectivity index (χ2v) is 14.7. The fraction of sp³-hybridized carbons (Fsp3) is 0.0400. The van der Waals surface area contributed by atoms with E-state index in [2.05, 4.69) is 193 Å². The summed E-state index contributed by atoms with van der Waals surface area (Å²) < 4.78 is 1.35. The minimum atomic E-state index is 1.11. The minimum absolute atomic E-state index is 1.11. The van der Waals surface area contributed by atoms with Crippen molar-refractivity contribution < 1.29 is 0 Å². The maximum atomic E-state index is 2.44. The maximum Gasteiger partial charge on any atom is 0.0540 e. The molecule has 246 valence electrons. The van der Waals surface area contributed by atoms with Crippen molar-refractivity contribution in [3.63, 3.8) is 0 Å². The van der Waals surface area contributed by atoms with E-state index in [0.717, 1.165) is 29.9 Å². The van der Waals surface area contributed by atoms with Crippen LogP contribution in [0.15, 0.2) is 182 Å². The van der Waals surface area contributed by atoms with Crippen LogP contribution < -0.4 is 4.90 Å². The average molecular weight is 682 g/mol. The molecule has 1 aliphatic carbocycles. The second kappa shape index (κ2) is 12.8. The lowest BCUT2D eigenvalue weighted by Crippen LogP contribution is -2.11. The van der Waals surface area contributed by atoms with Gasteiger partial charge in [-0.1, -0.05) is 146 Å². The van der Waals surface area contributed by atoms with Gasteiger partial charge in [0.25, 0.3) is 0 Å². The SMILES string of the molecule is C1=Cc2c(sc3cccc(-c4ccccc4N(c4ccc(-c5cccc6ccccc56)cc4)c4cccc(-c5ccc6ccccc6c5)c4)c23)CC1. The zero-order chi connectivity index (χ0) is 34.4. The number of hydrogen-bond acceptors (Lipinski definition) is 2. The molecule has 0 N–H and O–H groups in total. The molecule has 52 heavy (non-hydrogen) atoms. The molecule has 1 nitrogen and oxygen atoms in total. The quantitative estimate of drug-likeness (QED) is 0.169. The van der Waals surface area contributed by atoms with Crippen molar-refractivity contribution in [2.24, 2.45) is 0 Å². The zero-order valence-corrected chi connectivity index (χ0v) is 29.5. The Balaban J connectivity index is 1.16. The first-order valence-corrected chi connectivity index (χ1v) is 18.9. The van der Waals surface area contributed by atoms with Crippen LogP contribution >= 0.6 is 11.3 Å². The number of thiophene rings is 1. The lowest BCUT2D eigenvalue weighted by atomic mass is 9.93. The Morgan fingerprint density at radius 2 is 1.15 bits per heavy atom. The van der Waals surface area contributed by atoms with Crippen LogP contribution in [-0.2, 0) is 6.42 Å². The number of benzene rings is 8. The molecule has 8 aromatic carbocycles. The lowest BCUT2D eigenvalue weighted by molar-refractivity contribution is 1.02. The molecule has 0 atom stereocenters. The molecule has 0 spiro atoms. The summed E-state index contributed by atoms with van der Waals surface area (Å²) in [5.74, 6) is 0. The molecule has 0 radical (unpaired) electrons. The van der Waals surface area contributed by atoms with Crippen LogP contribution in [0.1, 0.15) is 16.9 Å². The maximum absolute atomic E-state index is 2.44. The molecule has 0 saturated carbocycles. The fourth-order valence-electron chi connectivity index (χ4n) is 8.01. The molecular weight excluding hydrogens is 647 g/mol. The summed E-state index contributed by atoms with van der Waals surface area (Å²) in [6.45, 7) is 0. The normalized spacial score (nSPS) is 12.4. The molecular formula is C50H35NS. The Morgan fingerprint density at radius 1 is 0.462 bits per heavy atom. The van der Waals surface area contributed by atoms with Crippen molar-refractivity contribution in [1.29, 1.82) is 0 Å². The summed E-state index contributed by atoms with van der Waals surface area (Å²) in [7, 11) is 0. The molecule has 10 rings (SSSR count). The van der Waals surface area contributed by atoms with Crippen LogP contribution in [0.2, 0.25) is 0 Å². The Labute approximate surface area is 308 Å². The monoisotopic (exact) mass is 681 g/mol. The van der Waals surface area contributed by atoms with Gasteiger partial charge in [-0.3, -0.25) is 0 Å². The number of anilines is 3. The molecule has 0 aliphatic heterocycles. The summed E-state index contributed by atoms with van der Waals surface area (Å²) in [5.41, 5.74) is 12.1. The summed E-state index contributed by atoms with van der Waals surface area (Å²) >= 11 is 1.95. The third-order valence-corrected chi connectivity index (χ3v) is 11.7. The van der Waals surface area contributed by atoms with E-state index in [-0.39, 0.29) is 0 Å². The third-order valence-electron chi connectivity index (χ3n) is 10.5. The van der Waals surface area contributed by atoms with E-state index in [9.17, 15) is 0 Å². The van der Waals surface area contributed by atoms with Crippen molar-refractivity contribution in [1.82, 2.24) is 0 Å². The highest BCUT2D eigenvalue weighted by Crippen LogP contribution is 2.47. The van der Waals surface area contributed by atoms with Crippen LogP contribution in [0.3, 0.4) is 0 Å². The largest absolute Gasteiger partial charge is 0.310 e. The standard InChI is InChI=1S/C50H35NS/c1-2-14-37-32-39(27-26-34(37)12-1)38-16-9-17-41(33-38)51(40-30-28-36(29-31-40)43-21-10-15-35-13-3-4-18-42(35)43)47-23-7-5-19-44(47)45-22-11-25-49-50(45)46-20-6-8-24-48(46)52-49/h1-7,9-23,25-33H,8,24H2. The average Bonchev–Trinajstić information content (AvgIpc) is 3.60. The molecule has 2 heteroatoms. The molecule has 9 aromatic rings. The summed E-state index contributed by atoms with van der Waals surface area (Å²) in [5, 5.41) is 6.39. The van der Waals surface area contributed by atoms with Crippen molar-refractivity contribution in [2.75, 3.05) is 4.90 Å². The minimum Gasteiger partial charge on any atom is -0.310 e. The number of rotatable bonds is 6. The predicted molar refractivity (Wildman–Crippen MR) is 225 cm³/mol. The van der Waals surface area contributed by atoms with Crippen LogP contribution in [-0.4, -0.2) is 0 Å². The van der Waals surface area contributed by atoms with Crippen molar-refractivity contribution in [3.8, 4) is 33.4 Å². The van der Waals surface area contributed by atoms with Crippen LogP contribution in [0.25, 0.3) is 71.1 Å². The van der Waals surface area contributed by atoms with E-state index in [0.29, 0.717) is 0 Å². The molecule has 0 saturated heterocycles. The van der Waals surface area contributed by atoms with Gasteiger partial charge in [0.05, 0.1) is 5.69 Å². The zero-order valence-electron chi connectivity index (χ0n) is 28.7. The van der Waals surface area contributed by atoms with Crippen molar-refractivity contribution in [2.45, 2.75) is 12.8 Å². The fourth-order valence-corrected chi connectivity index (χ4v) is 9.24. The van der Waals surface area contributed by atoms with E-state index in [4.69, 9.17) is 0 Å². The lowest BCUT2D eigenvalue weighted by Gasteiger charge is -2.29. The Morgan fingerprint density at radius 3 is 2.08 bits per heavy atom. The Bertz CT molecular complexity index is 2800. The Kier molecular flexibility index (Phi) is 7.55. The number of para-hydroxylation sites is 1. The highest BCUT2D eigenvalue weighted by atomic mass is 32.1. The second-order valence-electron chi connectivity index (χ2n) is 13.6. The van der Waals surface area contributed by atoms with Crippen molar-refractivity contribution in [3.05, 3.63) is 192 Å². The highest BCUT2D eigenvalue weighted by Gasteiger charge is 2.22. The number of hydrogen-bond donors (Lipinski definition) is 0. The smallest absolute Gasteiger partial charge is 0.0540 e. The van der Waals surface area contributed by atoms with E-state index in [1.54, 1.807) is 0 Å². The number of aryl methyl sites for hydroxylation is 1. The number of nitrogens with zero attached hydrogens (tertiary/aromatic N) is 1. The molecule has 0 amide bonds. The van der Waals surface area contributed by atoms with Crippen molar-refractivity contribution >= 4 is 66.1 Å².